The fourth-order valence-electron chi connectivity index (χ4n) is 1.62. The number of hydrogen-bond donors (Lipinski definition) is 1. The summed E-state index contributed by atoms with van der Waals surface area (Å²) in [4.78, 5) is 23.0. The number of alkyl halides is 1. The van der Waals surface area contributed by atoms with Crippen molar-refractivity contribution in [3.63, 3.8) is 0 Å². The van der Waals surface area contributed by atoms with Gasteiger partial charge in [-0.1, -0.05) is 29.5 Å². The summed E-state index contributed by atoms with van der Waals surface area (Å²) in [5.41, 5.74) is 0. The van der Waals surface area contributed by atoms with Crippen LogP contribution in [0.2, 0.25) is 0 Å². The summed E-state index contributed by atoms with van der Waals surface area (Å²) < 4.78 is 36.5. The fraction of sp³-hybridized carbons (Fsp3) is 0.385. The summed E-state index contributed by atoms with van der Waals surface area (Å²) in [6, 6.07) is 2.22. The molecule has 126 valence electrons. The number of benzene rings is 1. The summed E-state index contributed by atoms with van der Waals surface area (Å²) in [7, 11) is -4.08. The predicted octanol–water partition coefficient (Wildman–Crippen LogP) is 1.53. The lowest BCUT2D eigenvalue weighted by molar-refractivity contribution is -0.154. The zero-order valence-corrected chi connectivity index (χ0v) is 15.1. The van der Waals surface area contributed by atoms with Crippen molar-refractivity contribution in [3.05, 3.63) is 12.1 Å². The Hall–Kier alpha value is -1.56. The molecular formula is C13H13IO8S. The minimum atomic E-state index is -4.08. The molecule has 1 aromatic carbocycles. The highest BCUT2D eigenvalue weighted by molar-refractivity contribution is 14.1. The highest BCUT2D eigenvalue weighted by Gasteiger charge is 2.36. The topological polar surface area (TPSA) is 116 Å². The van der Waals surface area contributed by atoms with E-state index in [4.69, 9.17) is 9.47 Å². The molecule has 1 heterocycles. The molecule has 0 aromatic heterocycles. The normalized spacial score (nSPS) is 17.0. The third-order valence-electron chi connectivity index (χ3n) is 3.16. The number of carbonyl (C=O) groups excluding carboxylic acids is 2. The van der Waals surface area contributed by atoms with Crippen molar-refractivity contribution >= 4 is 44.6 Å². The first-order chi connectivity index (χ1) is 10.6. The van der Waals surface area contributed by atoms with Crippen LogP contribution < -0.4 is 8.92 Å². The molecule has 8 nitrogen and oxygen atoms in total. The third kappa shape index (κ3) is 3.52. The molecule has 1 unspecified atom stereocenters. The molecule has 0 spiro atoms. The maximum atomic E-state index is 11.7. The van der Waals surface area contributed by atoms with E-state index < -0.39 is 48.5 Å². The Morgan fingerprint density at radius 1 is 1.39 bits per heavy atom. The smallest absolute Gasteiger partial charge is 0.349 e. The van der Waals surface area contributed by atoms with Gasteiger partial charge in [-0.15, -0.1) is 0 Å². The molecule has 0 radical (unpaired) electrons. The number of carbonyl (C=O) groups is 2. The molecule has 1 aliphatic heterocycles. The maximum absolute atomic E-state index is 11.7. The minimum Gasteiger partial charge on any atom is -0.503 e. The quantitative estimate of drug-likeness (QED) is 0.233. The molecule has 2 rings (SSSR count). The molecule has 0 saturated heterocycles. The van der Waals surface area contributed by atoms with E-state index in [9.17, 15) is 23.1 Å². The number of fused-ring (bicyclic) bond motifs is 2. The number of phenols is 1. The van der Waals surface area contributed by atoms with Gasteiger partial charge in [0.15, 0.2) is 23.0 Å². The Morgan fingerprint density at radius 3 is 2.65 bits per heavy atom. The van der Waals surface area contributed by atoms with Gasteiger partial charge in [0.25, 0.3) is 0 Å². The van der Waals surface area contributed by atoms with E-state index in [2.05, 4.69) is 4.18 Å². The van der Waals surface area contributed by atoms with Gasteiger partial charge in [-0.3, -0.25) is 4.79 Å². The second kappa shape index (κ2) is 6.15. The van der Waals surface area contributed by atoms with Crippen molar-refractivity contribution in [1.29, 1.82) is 0 Å². The van der Waals surface area contributed by atoms with Gasteiger partial charge in [-0.25, -0.2) is 4.79 Å². The molecule has 1 N–H and O–H groups in total. The lowest BCUT2D eigenvalue weighted by atomic mass is 10.1. The van der Waals surface area contributed by atoms with Gasteiger partial charge in [-0.2, -0.15) is 8.42 Å². The average Bonchev–Trinajstić information content (AvgIpc) is 2.61. The first-order valence-corrected chi connectivity index (χ1v) is 8.94. The lowest BCUT2D eigenvalue weighted by Crippen LogP contribution is -2.31. The first kappa shape index (κ1) is 17.8. The van der Waals surface area contributed by atoms with Crippen LogP contribution in [0.4, 0.5) is 0 Å². The van der Waals surface area contributed by atoms with E-state index in [1.165, 1.54) is 6.07 Å². The monoisotopic (exact) mass is 456 g/mol. The molecule has 0 fully saturated rings. The van der Waals surface area contributed by atoms with Crippen molar-refractivity contribution in [2.75, 3.05) is 6.61 Å². The zero-order valence-electron chi connectivity index (χ0n) is 12.2. The van der Waals surface area contributed by atoms with Crippen LogP contribution in [0.5, 0.6) is 17.2 Å². The van der Waals surface area contributed by atoms with Crippen LogP contribution in [-0.2, 0) is 24.4 Å². The minimum absolute atomic E-state index is 0.277. The largest absolute Gasteiger partial charge is 0.503 e. The summed E-state index contributed by atoms with van der Waals surface area (Å²) in [6.45, 7) is 2.82. The van der Waals surface area contributed by atoms with Crippen LogP contribution in [0.1, 0.15) is 20.3 Å². The number of esters is 2. The summed E-state index contributed by atoms with van der Waals surface area (Å²) in [6.07, 6.45) is 0.520. The Labute approximate surface area is 146 Å². The second-order valence-corrected chi connectivity index (χ2v) is 8.77. The van der Waals surface area contributed by atoms with Crippen LogP contribution in [-0.4, -0.2) is 35.5 Å². The van der Waals surface area contributed by atoms with Crippen molar-refractivity contribution in [1.82, 2.24) is 0 Å². The van der Waals surface area contributed by atoms with E-state index in [0.717, 1.165) is 6.07 Å². The molecule has 10 heteroatoms. The summed E-state index contributed by atoms with van der Waals surface area (Å²) in [5, 5.41) is 9.67. The molecule has 23 heavy (non-hydrogen) atoms. The molecule has 1 aliphatic rings. The molecular weight excluding hydrogens is 443 g/mol. The SMILES string of the molecule is CCC(C)(I)C(=O)OCC(=O)Oc1ccc2c(O)c1OS2(=O)=O. The van der Waals surface area contributed by atoms with Gasteiger partial charge < -0.3 is 18.8 Å². The fourth-order valence-corrected chi connectivity index (χ4v) is 2.81. The number of phenolic OH excluding ortho intramolecular Hbond substituents is 1. The molecule has 0 saturated carbocycles. The van der Waals surface area contributed by atoms with Crippen molar-refractivity contribution in [2.45, 2.75) is 28.6 Å². The number of halogens is 1. The predicted molar refractivity (Wildman–Crippen MR) is 85.2 cm³/mol. The Morgan fingerprint density at radius 2 is 2.04 bits per heavy atom. The van der Waals surface area contributed by atoms with E-state index in [1.807, 2.05) is 22.6 Å². The number of hydrogen-bond acceptors (Lipinski definition) is 8. The van der Waals surface area contributed by atoms with E-state index in [0.29, 0.717) is 6.42 Å². The van der Waals surface area contributed by atoms with Gasteiger partial charge in [0, 0.05) is 0 Å². The molecule has 1 aromatic rings. The number of rotatable bonds is 5. The van der Waals surface area contributed by atoms with Gasteiger partial charge in [-0.05, 0) is 25.5 Å². The molecule has 2 bridgehead atoms. The summed E-state index contributed by atoms with van der Waals surface area (Å²) in [5.74, 6) is -2.87. The van der Waals surface area contributed by atoms with Crippen LogP contribution in [0.3, 0.4) is 0 Å². The van der Waals surface area contributed by atoms with Crippen LogP contribution >= 0.6 is 22.6 Å². The van der Waals surface area contributed by atoms with E-state index >= 15 is 0 Å². The van der Waals surface area contributed by atoms with Crippen LogP contribution in [0, 0.1) is 0 Å². The molecule has 0 amide bonds. The maximum Gasteiger partial charge on any atom is 0.349 e. The first-order valence-electron chi connectivity index (χ1n) is 6.46. The highest BCUT2D eigenvalue weighted by Crippen LogP contribution is 2.48. The second-order valence-electron chi connectivity index (χ2n) is 4.88. The van der Waals surface area contributed by atoms with Gasteiger partial charge in [0.1, 0.15) is 3.42 Å². The van der Waals surface area contributed by atoms with Crippen molar-refractivity contribution < 1.29 is 36.8 Å². The van der Waals surface area contributed by atoms with Crippen molar-refractivity contribution in [2.24, 2.45) is 0 Å². The average molecular weight is 456 g/mol. The van der Waals surface area contributed by atoms with Gasteiger partial charge in [0.05, 0.1) is 0 Å². The van der Waals surface area contributed by atoms with Crippen LogP contribution in [0.25, 0.3) is 0 Å². The van der Waals surface area contributed by atoms with Crippen molar-refractivity contribution in [3.8, 4) is 17.2 Å². The zero-order chi connectivity index (χ0) is 17.4. The van der Waals surface area contributed by atoms with Gasteiger partial charge in [0.2, 0.25) is 5.75 Å². The Bertz CT molecular complexity index is 768. The van der Waals surface area contributed by atoms with Crippen LogP contribution in [0.15, 0.2) is 17.0 Å². The number of ether oxygens (including phenoxy) is 2. The Balaban J connectivity index is 2.03. The standard InChI is InChI=1S/C13H13IO8S/c1-3-13(2,14)12(17)20-6-9(15)21-7-4-5-8-10(16)11(7)22-23(8,18)19/h4-5,16H,3,6H2,1-2H3. The Kier molecular flexibility index (Phi) is 4.76. The molecule has 1 atom stereocenters. The van der Waals surface area contributed by atoms with E-state index in [-0.39, 0.29) is 5.75 Å². The lowest BCUT2D eigenvalue weighted by Gasteiger charge is -2.17. The van der Waals surface area contributed by atoms with E-state index in [1.54, 1.807) is 13.8 Å². The summed E-state index contributed by atoms with van der Waals surface area (Å²) >= 11 is 1.92. The third-order valence-corrected chi connectivity index (χ3v) is 5.61. The molecule has 0 aliphatic carbocycles. The van der Waals surface area contributed by atoms with Gasteiger partial charge >= 0.3 is 22.1 Å². The highest BCUT2D eigenvalue weighted by atomic mass is 127. The number of aromatic hydroxyl groups is 1.